The van der Waals surface area contributed by atoms with Crippen molar-refractivity contribution in [2.24, 2.45) is 16.3 Å². The van der Waals surface area contributed by atoms with Crippen LogP contribution >= 0.6 is 0 Å². The molecule has 0 bridgehead atoms. The van der Waals surface area contributed by atoms with Crippen LogP contribution in [-0.2, 0) is 11.3 Å². The molecule has 1 aliphatic rings. The fraction of sp³-hybridized carbons (Fsp3) is 0.632. The molecule has 0 aliphatic carbocycles. The average molecular weight is 362 g/mol. The Morgan fingerprint density at radius 3 is 2.73 bits per heavy atom. The lowest BCUT2D eigenvalue weighted by Crippen LogP contribution is -2.47. The molecule has 1 aromatic rings. The van der Waals surface area contributed by atoms with Gasteiger partial charge in [0.1, 0.15) is 0 Å². The third-order valence-corrected chi connectivity index (χ3v) is 4.69. The minimum atomic E-state index is -0.361. The number of nitrogens with one attached hydrogen (secondary N) is 2. The average Bonchev–Trinajstić information content (AvgIpc) is 2.61. The first-order valence-electron chi connectivity index (χ1n) is 9.11. The van der Waals surface area contributed by atoms with Gasteiger partial charge < -0.3 is 15.4 Å². The Bertz CT molecular complexity index is 640. The van der Waals surface area contributed by atoms with Crippen LogP contribution in [0, 0.1) is 21.4 Å². The van der Waals surface area contributed by atoms with E-state index in [1.54, 1.807) is 25.2 Å². The van der Waals surface area contributed by atoms with Gasteiger partial charge in [-0.05, 0) is 18.3 Å². The van der Waals surface area contributed by atoms with Crippen LogP contribution in [0.4, 0.5) is 5.69 Å². The van der Waals surface area contributed by atoms with Crippen LogP contribution in [0.2, 0.25) is 0 Å². The van der Waals surface area contributed by atoms with Crippen LogP contribution in [0.1, 0.15) is 39.2 Å². The largest absolute Gasteiger partial charge is 0.377 e. The second kappa shape index (κ2) is 8.98. The number of nitrogens with zero attached hydrogens (tertiary/aromatic N) is 2. The lowest BCUT2D eigenvalue weighted by atomic mass is 9.78. The van der Waals surface area contributed by atoms with Gasteiger partial charge in [0.15, 0.2) is 5.96 Å². The number of hydrogen-bond donors (Lipinski definition) is 2. The number of benzene rings is 1. The van der Waals surface area contributed by atoms with E-state index in [1.165, 1.54) is 6.07 Å². The van der Waals surface area contributed by atoms with Crippen LogP contribution in [0.25, 0.3) is 0 Å². The number of guanidine groups is 1. The smallest absolute Gasteiger partial charge is 0.274 e. The topological polar surface area (TPSA) is 88.8 Å². The monoisotopic (exact) mass is 362 g/mol. The molecule has 1 aromatic carbocycles. The Kier molecular flexibility index (Phi) is 6.97. The lowest BCUT2D eigenvalue weighted by molar-refractivity contribution is -0.385. The fourth-order valence-electron chi connectivity index (χ4n) is 3.48. The zero-order valence-corrected chi connectivity index (χ0v) is 16.1. The van der Waals surface area contributed by atoms with Crippen molar-refractivity contribution in [3.63, 3.8) is 0 Å². The fourth-order valence-corrected chi connectivity index (χ4v) is 3.48. The summed E-state index contributed by atoms with van der Waals surface area (Å²) in [6.07, 6.45) is 2.40. The SMILES string of the molecule is CN=C(NCc1ccccc1[N+](=O)[O-])NCC1CCCOC1C(C)(C)C. The molecule has 7 heteroatoms. The van der Waals surface area contributed by atoms with Gasteiger partial charge in [-0.25, -0.2) is 0 Å². The number of rotatable bonds is 5. The number of nitro benzene ring substituents is 1. The van der Waals surface area contributed by atoms with Gasteiger partial charge in [-0.3, -0.25) is 15.1 Å². The van der Waals surface area contributed by atoms with Crippen molar-refractivity contribution in [3.05, 3.63) is 39.9 Å². The molecule has 2 atom stereocenters. The predicted octanol–water partition coefficient (Wildman–Crippen LogP) is 3.10. The summed E-state index contributed by atoms with van der Waals surface area (Å²) in [5.41, 5.74) is 0.840. The van der Waals surface area contributed by atoms with Crippen LogP contribution in [-0.4, -0.2) is 37.2 Å². The van der Waals surface area contributed by atoms with E-state index < -0.39 is 0 Å². The van der Waals surface area contributed by atoms with Gasteiger partial charge in [-0.2, -0.15) is 0 Å². The van der Waals surface area contributed by atoms with Gasteiger partial charge >= 0.3 is 0 Å². The molecule has 1 fully saturated rings. The zero-order chi connectivity index (χ0) is 19.2. The van der Waals surface area contributed by atoms with Gasteiger partial charge in [0.05, 0.1) is 11.0 Å². The number of para-hydroxylation sites is 1. The van der Waals surface area contributed by atoms with E-state index in [4.69, 9.17) is 4.74 Å². The van der Waals surface area contributed by atoms with Gasteiger partial charge in [0.2, 0.25) is 0 Å². The maximum absolute atomic E-state index is 11.1. The molecule has 0 amide bonds. The summed E-state index contributed by atoms with van der Waals surface area (Å²) in [7, 11) is 1.70. The van der Waals surface area contributed by atoms with Gasteiger partial charge in [0, 0.05) is 44.3 Å². The van der Waals surface area contributed by atoms with E-state index in [2.05, 4.69) is 36.4 Å². The summed E-state index contributed by atoms with van der Waals surface area (Å²) in [4.78, 5) is 15.0. The van der Waals surface area contributed by atoms with Crippen LogP contribution < -0.4 is 10.6 Å². The third-order valence-electron chi connectivity index (χ3n) is 4.69. The van der Waals surface area contributed by atoms with Crippen molar-refractivity contribution >= 4 is 11.6 Å². The number of nitro groups is 1. The molecule has 1 aliphatic heterocycles. The molecule has 0 aromatic heterocycles. The molecule has 1 saturated heterocycles. The summed E-state index contributed by atoms with van der Waals surface area (Å²) >= 11 is 0. The molecule has 144 valence electrons. The quantitative estimate of drug-likeness (QED) is 0.364. The predicted molar refractivity (Wildman–Crippen MR) is 103 cm³/mol. The van der Waals surface area contributed by atoms with E-state index in [-0.39, 0.29) is 22.1 Å². The van der Waals surface area contributed by atoms with Crippen LogP contribution in [0.15, 0.2) is 29.3 Å². The van der Waals surface area contributed by atoms with E-state index in [1.807, 2.05) is 0 Å². The van der Waals surface area contributed by atoms with E-state index >= 15 is 0 Å². The first-order valence-corrected chi connectivity index (χ1v) is 9.11. The van der Waals surface area contributed by atoms with Crippen molar-refractivity contribution in [2.45, 2.75) is 46.3 Å². The standard InChI is InChI=1S/C19H30N4O3/c1-19(2,3)17-15(9-7-11-26-17)13-22-18(20-4)21-12-14-8-5-6-10-16(14)23(24)25/h5-6,8,10,15,17H,7,9,11-13H2,1-4H3,(H2,20,21,22). The maximum Gasteiger partial charge on any atom is 0.274 e. The summed E-state index contributed by atoms with van der Waals surface area (Å²) < 4.78 is 6.02. The first kappa shape index (κ1) is 20.2. The second-order valence-electron chi connectivity index (χ2n) is 7.75. The summed E-state index contributed by atoms with van der Waals surface area (Å²) in [5, 5.41) is 17.6. The molecule has 26 heavy (non-hydrogen) atoms. The highest BCUT2D eigenvalue weighted by molar-refractivity contribution is 5.79. The summed E-state index contributed by atoms with van der Waals surface area (Å²) in [5.74, 6) is 1.05. The van der Waals surface area contributed by atoms with E-state index in [9.17, 15) is 10.1 Å². The van der Waals surface area contributed by atoms with Crippen molar-refractivity contribution in [2.75, 3.05) is 20.2 Å². The Morgan fingerprint density at radius 2 is 2.08 bits per heavy atom. The lowest BCUT2D eigenvalue weighted by Gasteiger charge is -2.40. The molecule has 1 heterocycles. The summed E-state index contributed by atoms with van der Waals surface area (Å²) in [6, 6.07) is 6.74. The molecule has 0 saturated carbocycles. The number of aliphatic imine (C=N–C) groups is 1. The Hall–Kier alpha value is -2.15. The van der Waals surface area contributed by atoms with Crippen molar-refractivity contribution in [1.82, 2.24) is 10.6 Å². The van der Waals surface area contributed by atoms with Crippen molar-refractivity contribution < 1.29 is 9.66 Å². The molecule has 2 unspecified atom stereocenters. The van der Waals surface area contributed by atoms with Gasteiger partial charge in [0.25, 0.3) is 5.69 Å². The van der Waals surface area contributed by atoms with Crippen molar-refractivity contribution in [3.8, 4) is 0 Å². The van der Waals surface area contributed by atoms with Crippen LogP contribution in [0.3, 0.4) is 0 Å². The highest BCUT2D eigenvalue weighted by Gasteiger charge is 2.35. The molecule has 7 nitrogen and oxygen atoms in total. The normalized spacial score (nSPS) is 21.3. The van der Waals surface area contributed by atoms with Gasteiger partial charge in [-0.1, -0.05) is 39.0 Å². The Labute approximate surface area is 155 Å². The molecular formula is C19H30N4O3. The zero-order valence-electron chi connectivity index (χ0n) is 16.1. The Morgan fingerprint density at radius 1 is 1.35 bits per heavy atom. The minimum Gasteiger partial charge on any atom is -0.377 e. The number of ether oxygens (including phenoxy) is 1. The Balaban J connectivity index is 1.93. The number of hydrogen-bond acceptors (Lipinski definition) is 4. The molecule has 2 N–H and O–H groups in total. The van der Waals surface area contributed by atoms with E-state index in [0.717, 1.165) is 26.0 Å². The highest BCUT2D eigenvalue weighted by atomic mass is 16.6. The van der Waals surface area contributed by atoms with E-state index in [0.29, 0.717) is 24.0 Å². The molecule has 0 spiro atoms. The molecule has 0 radical (unpaired) electrons. The molecule has 2 rings (SSSR count). The third kappa shape index (κ3) is 5.42. The van der Waals surface area contributed by atoms with Crippen molar-refractivity contribution in [1.29, 1.82) is 0 Å². The minimum absolute atomic E-state index is 0.0916. The second-order valence-corrected chi connectivity index (χ2v) is 7.75. The first-order chi connectivity index (χ1) is 12.3. The maximum atomic E-state index is 11.1. The van der Waals surface area contributed by atoms with Crippen LogP contribution in [0.5, 0.6) is 0 Å². The molecular weight excluding hydrogens is 332 g/mol. The summed E-state index contributed by atoms with van der Waals surface area (Å²) in [6.45, 7) is 8.55. The highest BCUT2D eigenvalue weighted by Crippen LogP contribution is 2.33. The van der Waals surface area contributed by atoms with Gasteiger partial charge in [-0.15, -0.1) is 0 Å².